The third kappa shape index (κ3) is 1.96. The highest BCUT2D eigenvalue weighted by Crippen LogP contribution is 2.34. The van der Waals surface area contributed by atoms with E-state index in [9.17, 15) is 0 Å². The predicted octanol–water partition coefficient (Wildman–Crippen LogP) is 2.10. The predicted molar refractivity (Wildman–Crippen MR) is 79.6 cm³/mol. The smallest absolute Gasteiger partial charge is 0.164 e. The van der Waals surface area contributed by atoms with E-state index in [2.05, 4.69) is 9.97 Å². The highest BCUT2D eigenvalue weighted by atomic mass is 16.5. The standard InChI is InChI=1S/C15H13N5O/c1-20-8-18-14-9(4-3-5-12(14)20)15-13(21-2)6-10(17)11(7-16)19-15/h3-6,8H,17H2,1-2H3. The number of hydrogen-bond donors (Lipinski definition) is 1. The van der Waals surface area contributed by atoms with Crippen molar-refractivity contribution in [2.75, 3.05) is 12.8 Å². The van der Waals surface area contributed by atoms with Gasteiger partial charge in [0.15, 0.2) is 5.69 Å². The minimum absolute atomic E-state index is 0.179. The second kappa shape index (κ2) is 4.80. The van der Waals surface area contributed by atoms with Crippen molar-refractivity contribution in [1.29, 1.82) is 5.26 Å². The fraction of sp³-hybridized carbons (Fsp3) is 0.133. The number of aromatic nitrogens is 3. The van der Waals surface area contributed by atoms with Gasteiger partial charge in [0.2, 0.25) is 0 Å². The Bertz CT molecular complexity index is 876. The van der Waals surface area contributed by atoms with Gasteiger partial charge in [-0.3, -0.25) is 0 Å². The van der Waals surface area contributed by atoms with Crippen LogP contribution in [0.15, 0.2) is 30.6 Å². The second-order valence-corrected chi connectivity index (χ2v) is 4.62. The molecule has 3 rings (SSSR count). The maximum Gasteiger partial charge on any atom is 0.164 e. The molecule has 2 aromatic heterocycles. The van der Waals surface area contributed by atoms with Crippen LogP contribution in [0, 0.1) is 11.3 Å². The highest BCUT2D eigenvalue weighted by Gasteiger charge is 2.16. The number of nitriles is 1. The molecule has 0 aliphatic heterocycles. The molecular weight excluding hydrogens is 266 g/mol. The number of rotatable bonds is 2. The third-order valence-corrected chi connectivity index (χ3v) is 3.35. The van der Waals surface area contributed by atoms with Crippen molar-refractivity contribution >= 4 is 16.7 Å². The average molecular weight is 279 g/mol. The van der Waals surface area contributed by atoms with Crippen molar-refractivity contribution in [1.82, 2.24) is 14.5 Å². The molecule has 6 heteroatoms. The highest BCUT2D eigenvalue weighted by molar-refractivity contribution is 5.93. The van der Waals surface area contributed by atoms with E-state index in [0.717, 1.165) is 16.6 Å². The van der Waals surface area contributed by atoms with Gasteiger partial charge in [0.1, 0.15) is 17.5 Å². The maximum atomic E-state index is 9.12. The molecule has 104 valence electrons. The molecule has 0 bridgehead atoms. The monoisotopic (exact) mass is 279 g/mol. The first-order chi connectivity index (χ1) is 10.2. The Hall–Kier alpha value is -3.07. The Morgan fingerprint density at radius 2 is 2.19 bits per heavy atom. The normalized spacial score (nSPS) is 10.5. The van der Waals surface area contributed by atoms with Crippen molar-refractivity contribution in [2.24, 2.45) is 7.05 Å². The number of pyridine rings is 1. The van der Waals surface area contributed by atoms with Crippen molar-refractivity contribution < 1.29 is 4.74 Å². The topological polar surface area (TPSA) is 89.8 Å². The largest absolute Gasteiger partial charge is 0.494 e. The Morgan fingerprint density at radius 3 is 2.90 bits per heavy atom. The van der Waals surface area contributed by atoms with Gasteiger partial charge in [0.25, 0.3) is 0 Å². The van der Waals surface area contributed by atoms with Crippen LogP contribution in [-0.2, 0) is 7.05 Å². The van der Waals surface area contributed by atoms with Crippen LogP contribution >= 0.6 is 0 Å². The van der Waals surface area contributed by atoms with Crippen LogP contribution in [0.5, 0.6) is 5.75 Å². The van der Waals surface area contributed by atoms with E-state index in [1.165, 1.54) is 0 Å². The van der Waals surface area contributed by atoms with Gasteiger partial charge in [-0.05, 0) is 6.07 Å². The van der Waals surface area contributed by atoms with Crippen LogP contribution in [0.1, 0.15) is 5.69 Å². The number of benzene rings is 1. The number of hydrogen-bond acceptors (Lipinski definition) is 5. The Balaban J connectivity index is 2.35. The molecule has 0 saturated carbocycles. The maximum absolute atomic E-state index is 9.12. The zero-order valence-corrected chi connectivity index (χ0v) is 11.7. The summed E-state index contributed by atoms with van der Waals surface area (Å²) in [6.07, 6.45) is 1.74. The molecule has 0 radical (unpaired) electrons. The average Bonchev–Trinajstić information content (AvgIpc) is 2.88. The van der Waals surface area contributed by atoms with E-state index < -0.39 is 0 Å². The first-order valence-electron chi connectivity index (χ1n) is 6.30. The molecule has 6 nitrogen and oxygen atoms in total. The van der Waals surface area contributed by atoms with E-state index in [1.807, 2.05) is 35.9 Å². The third-order valence-electron chi connectivity index (χ3n) is 3.35. The summed E-state index contributed by atoms with van der Waals surface area (Å²) >= 11 is 0. The van der Waals surface area contributed by atoms with E-state index in [0.29, 0.717) is 17.1 Å². The van der Waals surface area contributed by atoms with E-state index in [4.69, 9.17) is 15.7 Å². The number of fused-ring (bicyclic) bond motifs is 1. The molecule has 3 aromatic rings. The molecular formula is C15H13N5O. The summed E-state index contributed by atoms with van der Waals surface area (Å²) in [5.41, 5.74) is 9.42. The van der Waals surface area contributed by atoms with E-state index >= 15 is 0 Å². The Morgan fingerprint density at radius 1 is 1.38 bits per heavy atom. The number of aryl methyl sites for hydroxylation is 1. The van der Waals surface area contributed by atoms with Crippen molar-refractivity contribution in [2.45, 2.75) is 0 Å². The second-order valence-electron chi connectivity index (χ2n) is 4.62. The number of anilines is 1. The van der Waals surface area contributed by atoms with E-state index in [1.54, 1.807) is 19.5 Å². The van der Waals surface area contributed by atoms with Gasteiger partial charge < -0.3 is 15.0 Å². The SMILES string of the molecule is COc1cc(N)c(C#N)nc1-c1cccc2c1ncn2C. The molecule has 0 saturated heterocycles. The Labute approximate surface area is 121 Å². The zero-order chi connectivity index (χ0) is 15.0. The fourth-order valence-electron chi connectivity index (χ4n) is 2.30. The molecule has 0 aliphatic carbocycles. The molecule has 2 N–H and O–H groups in total. The zero-order valence-electron chi connectivity index (χ0n) is 11.7. The summed E-state index contributed by atoms with van der Waals surface area (Å²) in [6, 6.07) is 9.40. The van der Waals surface area contributed by atoms with Crippen LogP contribution in [0.2, 0.25) is 0 Å². The number of ether oxygens (including phenoxy) is 1. The summed E-state index contributed by atoms with van der Waals surface area (Å²) in [5, 5.41) is 9.12. The van der Waals surface area contributed by atoms with Crippen molar-refractivity contribution in [3.05, 3.63) is 36.3 Å². The van der Waals surface area contributed by atoms with E-state index in [-0.39, 0.29) is 5.69 Å². The molecule has 0 atom stereocenters. The van der Waals surface area contributed by atoms with Crippen LogP contribution in [0.25, 0.3) is 22.3 Å². The number of nitrogens with two attached hydrogens (primary N) is 1. The summed E-state index contributed by atoms with van der Waals surface area (Å²) in [6.45, 7) is 0. The summed E-state index contributed by atoms with van der Waals surface area (Å²) < 4.78 is 7.27. The van der Waals surface area contributed by atoms with Gasteiger partial charge in [-0.25, -0.2) is 9.97 Å². The van der Waals surface area contributed by atoms with Crippen LogP contribution < -0.4 is 10.5 Å². The minimum atomic E-state index is 0.179. The summed E-state index contributed by atoms with van der Waals surface area (Å²) in [4.78, 5) is 8.73. The van der Waals surface area contributed by atoms with Crippen LogP contribution in [0.3, 0.4) is 0 Å². The first-order valence-corrected chi connectivity index (χ1v) is 6.30. The number of nitrogens with zero attached hydrogens (tertiary/aromatic N) is 4. The van der Waals surface area contributed by atoms with Gasteiger partial charge in [0.05, 0.1) is 30.2 Å². The number of para-hydroxylation sites is 1. The lowest BCUT2D eigenvalue weighted by Crippen LogP contribution is -2.00. The molecule has 0 amide bonds. The van der Waals surface area contributed by atoms with Gasteiger partial charge >= 0.3 is 0 Å². The summed E-state index contributed by atoms with van der Waals surface area (Å²) in [5.74, 6) is 0.518. The molecule has 21 heavy (non-hydrogen) atoms. The van der Waals surface area contributed by atoms with Crippen LogP contribution in [0.4, 0.5) is 5.69 Å². The lowest BCUT2D eigenvalue weighted by atomic mass is 10.1. The molecule has 0 unspecified atom stereocenters. The number of nitrogen functional groups attached to an aromatic ring is 1. The van der Waals surface area contributed by atoms with Gasteiger partial charge in [-0.15, -0.1) is 0 Å². The van der Waals surface area contributed by atoms with Gasteiger partial charge in [-0.1, -0.05) is 12.1 Å². The van der Waals surface area contributed by atoms with Gasteiger partial charge in [-0.2, -0.15) is 5.26 Å². The molecule has 0 spiro atoms. The van der Waals surface area contributed by atoms with Crippen LogP contribution in [-0.4, -0.2) is 21.6 Å². The molecule has 2 heterocycles. The molecule has 0 aliphatic rings. The number of methoxy groups -OCH3 is 1. The molecule has 1 aromatic carbocycles. The molecule has 0 fully saturated rings. The van der Waals surface area contributed by atoms with Crippen molar-refractivity contribution in [3.63, 3.8) is 0 Å². The fourth-order valence-corrected chi connectivity index (χ4v) is 2.30. The first kappa shape index (κ1) is 12.9. The lowest BCUT2D eigenvalue weighted by molar-refractivity contribution is 0.415. The minimum Gasteiger partial charge on any atom is -0.494 e. The van der Waals surface area contributed by atoms with Gasteiger partial charge in [0, 0.05) is 18.7 Å². The summed E-state index contributed by atoms with van der Waals surface area (Å²) in [7, 11) is 3.47. The quantitative estimate of drug-likeness (QED) is 0.775. The van der Waals surface area contributed by atoms with Crippen molar-refractivity contribution in [3.8, 4) is 23.1 Å². The Kier molecular flexibility index (Phi) is 2.95. The number of imidazole rings is 1. The lowest BCUT2D eigenvalue weighted by Gasteiger charge is -2.10.